The van der Waals surface area contributed by atoms with Crippen LogP contribution in [0.4, 0.5) is 0 Å². The van der Waals surface area contributed by atoms with E-state index < -0.39 is 14.4 Å². The van der Waals surface area contributed by atoms with Crippen LogP contribution in [0.15, 0.2) is 36.4 Å². The quantitative estimate of drug-likeness (QED) is 0.611. The Morgan fingerprint density at radius 2 is 1.67 bits per heavy atom. The third-order valence-electron chi connectivity index (χ3n) is 3.23. The summed E-state index contributed by atoms with van der Waals surface area (Å²) in [6.07, 6.45) is -0.396. The van der Waals surface area contributed by atoms with E-state index in [2.05, 4.69) is 19.6 Å². The summed E-state index contributed by atoms with van der Waals surface area (Å²) in [5, 5.41) is 2.09. The van der Waals surface area contributed by atoms with E-state index in [-0.39, 0.29) is 5.78 Å². The van der Waals surface area contributed by atoms with E-state index in [1.807, 2.05) is 43.3 Å². The minimum atomic E-state index is -1.72. The lowest BCUT2D eigenvalue weighted by Crippen LogP contribution is -2.34. The van der Waals surface area contributed by atoms with Gasteiger partial charge in [0.15, 0.2) is 14.1 Å². The minimum Gasteiger partial charge on any atom is -0.497 e. The second-order valence-corrected chi connectivity index (χ2v) is 10.6. The molecule has 0 aliphatic heterocycles. The first-order valence-electron chi connectivity index (χ1n) is 7.10. The molecule has 0 aliphatic rings. The van der Waals surface area contributed by atoms with Crippen molar-refractivity contribution in [3.05, 3.63) is 42.0 Å². The fraction of sp³-hybridized carbons (Fsp3) is 0.353. The number of hydrogen-bond donors (Lipinski definition) is 0. The van der Waals surface area contributed by atoms with E-state index in [9.17, 15) is 4.79 Å². The van der Waals surface area contributed by atoms with Gasteiger partial charge >= 0.3 is 0 Å². The molecule has 0 aliphatic carbocycles. The summed E-state index contributed by atoms with van der Waals surface area (Å²) in [4.78, 5) is 12.5. The first-order chi connectivity index (χ1) is 9.80. The van der Waals surface area contributed by atoms with E-state index >= 15 is 0 Å². The second kappa shape index (κ2) is 5.99. The number of ketones is 1. The molecule has 1 atom stereocenters. The van der Waals surface area contributed by atoms with Gasteiger partial charge in [-0.1, -0.05) is 18.2 Å². The molecule has 2 aromatic carbocycles. The standard InChI is InChI=1S/C17H22O3Si/c1-12(20-21(3,4)5)17(18)15-7-6-14-11-16(19-2)9-8-13(14)10-15/h6-12H,1-5H3/t12-/m0/s1. The Bertz CT molecular complexity index is 659. The average Bonchev–Trinajstić information content (AvgIpc) is 2.43. The number of carbonyl (C=O) groups is 1. The van der Waals surface area contributed by atoms with Crippen molar-refractivity contribution in [1.29, 1.82) is 0 Å². The highest BCUT2D eigenvalue weighted by Crippen LogP contribution is 2.23. The maximum absolute atomic E-state index is 12.5. The Hall–Kier alpha value is -1.65. The predicted octanol–water partition coefficient (Wildman–Crippen LogP) is 4.27. The SMILES string of the molecule is COc1ccc2cc(C(=O)[C@H](C)O[Si](C)(C)C)ccc2c1. The topological polar surface area (TPSA) is 35.5 Å². The summed E-state index contributed by atoms with van der Waals surface area (Å²) in [5.41, 5.74) is 0.693. The normalized spacial score (nSPS) is 13.2. The van der Waals surface area contributed by atoms with Crippen LogP contribution >= 0.6 is 0 Å². The van der Waals surface area contributed by atoms with Crippen LogP contribution in [-0.4, -0.2) is 27.3 Å². The number of carbonyl (C=O) groups excluding carboxylic acids is 1. The zero-order chi connectivity index (χ0) is 15.6. The van der Waals surface area contributed by atoms with Gasteiger partial charge in [0.1, 0.15) is 11.9 Å². The van der Waals surface area contributed by atoms with Crippen LogP contribution in [0.1, 0.15) is 17.3 Å². The highest BCUT2D eigenvalue weighted by atomic mass is 28.4. The van der Waals surface area contributed by atoms with Gasteiger partial charge in [0.05, 0.1) is 7.11 Å². The molecule has 2 aromatic rings. The van der Waals surface area contributed by atoms with Gasteiger partial charge in [0, 0.05) is 5.56 Å². The van der Waals surface area contributed by atoms with Crippen molar-refractivity contribution in [2.45, 2.75) is 32.7 Å². The lowest BCUT2D eigenvalue weighted by molar-refractivity contribution is 0.0807. The second-order valence-electron chi connectivity index (χ2n) is 6.16. The summed E-state index contributed by atoms with van der Waals surface area (Å²) in [5.74, 6) is 0.854. The molecular weight excluding hydrogens is 280 g/mol. The molecule has 0 saturated heterocycles. The average molecular weight is 302 g/mol. The maximum atomic E-state index is 12.5. The van der Waals surface area contributed by atoms with Crippen molar-refractivity contribution in [2.75, 3.05) is 7.11 Å². The van der Waals surface area contributed by atoms with Crippen molar-refractivity contribution in [2.24, 2.45) is 0 Å². The van der Waals surface area contributed by atoms with Gasteiger partial charge in [-0.3, -0.25) is 4.79 Å². The molecule has 3 nitrogen and oxygen atoms in total. The lowest BCUT2D eigenvalue weighted by atomic mass is 10.0. The van der Waals surface area contributed by atoms with Crippen LogP contribution in [0.25, 0.3) is 10.8 Å². The van der Waals surface area contributed by atoms with E-state index in [0.717, 1.165) is 16.5 Å². The minimum absolute atomic E-state index is 0.0372. The zero-order valence-electron chi connectivity index (χ0n) is 13.3. The van der Waals surface area contributed by atoms with Crippen molar-refractivity contribution in [3.63, 3.8) is 0 Å². The van der Waals surface area contributed by atoms with Gasteiger partial charge in [-0.15, -0.1) is 0 Å². The molecule has 0 N–H and O–H groups in total. The van der Waals surface area contributed by atoms with Crippen molar-refractivity contribution < 1.29 is 14.0 Å². The molecule has 0 fully saturated rings. The molecule has 21 heavy (non-hydrogen) atoms. The molecule has 0 amide bonds. The molecular formula is C17H22O3Si. The van der Waals surface area contributed by atoms with Crippen LogP contribution in [-0.2, 0) is 4.43 Å². The van der Waals surface area contributed by atoms with Crippen molar-refractivity contribution >= 4 is 24.9 Å². The molecule has 0 bridgehead atoms. The molecule has 112 valence electrons. The third-order valence-corrected chi connectivity index (χ3v) is 4.29. The van der Waals surface area contributed by atoms with Crippen LogP contribution in [0.5, 0.6) is 5.75 Å². The van der Waals surface area contributed by atoms with Crippen molar-refractivity contribution in [3.8, 4) is 5.75 Å². The number of hydrogen-bond acceptors (Lipinski definition) is 3. The Morgan fingerprint density at radius 1 is 1.05 bits per heavy atom. The third kappa shape index (κ3) is 3.92. The highest BCUT2D eigenvalue weighted by Gasteiger charge is 2.23. The van der Waals surface area contributed by atoms with Crippen LogP contribution in [0.3, 0.4) is 0 Å². The Balaban J connectivity index is 2.28. The largest absolute Gasteiger partial charge is 0.497 e. The number of benzene rings is 2. The molecule has 0 aromatic heterocycles. The van der Waals surface area contributed by atoms with Crippen molar-refractivity contribution in [1.82, 2.24) is 0 Å². The van der Waals surface area contributed by atoms with Gasteiger partial charge in [0.2, 0.25) is 0 Å². The number of fused-ring (bicyclic) bond motifs is 1. The Labute approximate surface area is 127 Å². The lowest BCUT2D eigenvalue weighted by Gasteiger charge is -2.22. The van der Waals surface area contributed by atoms with E-state index in [1.165, 1.54) is 0 Å². The molecule has 0 heterocycles. The number of Topliss-reactive ketones (excluding diaryl/α,β-unsaturated/α-hetero) is 1. The first kappa shape index (κ1) is 15.7. The summed E-state index contributed by atoms with van der Waals surface area (Å²) in [7, 11) is -0.0721. The summed E-state index contributed by atoms with van der Waals surface area (Å²) < 4.78 is 11.1. The zero-order valence-corrected chi connectivity index (χ0v) is 14.3. The number of rotatable bonds is 5. The summed E-state index contributed by atoms with van der Waals surface area (Å²) >= 11 is 0. The highest BCUT2D eigenvalue weighted by molar-refractivity contribution is 6.69. The van der Waals surface area contributed by atoms with Crippen LogP contribution in [0.2, 0.25) is 19.6 Å². The monoisotopic (exact) mass is 302 g/mol. The van der Waals surface area contributed by atoms with Gasteiger partial charge in [-0.05, 0) is 55.5 Å². The maximum Gasteiger partial charge on any atom is 0.190 e. The van der Waals surface area contributed by atoms with Gasteiger partial charge in [-0.2, -0.15) is 0 Å². The molecule has 0 radical (unpaired) electrons. The Kier molecular flexibility index (Phi) is 4.49. The van der Waals surface area contributed by atoms with E-state index in [0.29, 0.717) is 5.56 Å². The Morgan fingerprint density at radius 3 is 2.29 bits per heavy atom. The summed E-state index contributed by atoms with van der Waals surface area (Å²) in [6, 6.07) is 11.6. The van der Waals surface area contributed by atoms with E-state index in [1.54, 1.807) is 7.11 Å². The molecule has 0 unspecified atom stereocenters. The van der Waals surface area contributed by atoms with Gasteiger partial charge in [-0.25, -0.2) is 0 Å². The van der Waals surface area contributed by atoms with E-state index in [4.69, 9.17) is 9.16 Å². The van der Waals surface area contributed by atoms with Crippen LogP contribution in [0, 0.1) is 0 Å². The number of ether oxygens (including phenoxy) is 1. The first-order valence-corrected chi connectivity index (χ1v) is 10.5. The molecule has 0 spiro atoms. The predicted molar refractivity (Wildman–Crippen MR) is 88.7 cm³/mol. The molecule has 0 saturated carbocycles. The number of methoxy groups -OCH3 is 1. The van der Waals surface area contributed by atoms with Gasteiger partial charge < -0.3 is 9.16 Å². The smallest absolute Gasteiger partial charge is 0.190 e. The summed E-state index contributed by atoms with van der Waals surface area (Å²) in [6.45, 7) is 8.09. The molecule has 2 rings (SSSR count). The fourth-order valence-corrected chi connectivity index (χ4v) is 3.49. The fourth-order valence-electron chi connectivity index (χ4n) is 2.32. The van der Waals surface area contributed by atoms with Crippen LogP contribution < -0.4 is 4.74 Å². The molecule has 4 heteroatoms. The van der Waals surface area contributed by atoms with Gasteiger partial charge in [0.25, 0.3) is 0 Å².